The van der Waals surface area contributed by atoms with Crippen molar-refractivity contribution in [3.63, 3.8) is 0 Å². The SMILES string of the molecule is CCNCC(C)COc1cccc2ccccc12. The average Bonchev–Trinajstić information content (AvgIpc) is 2.42. The molecule has 2 aromatic carbocycles. The third kappa shape index (κ3) is 3.23. The maximum absolute atomic E-state index is 5.94. The van der Waals surface area contributed by atoms with Gasteiger partial charge in [-0.1, -0.05) is 50.2 Å². The van der Waals surface area contributed by atoms with Crippen molar-refractivity contribution >= 4 is 10.8 Å². The van der Waals surface area contributed by atoms with Crippen LogP contribution in [0.5, 0.6) is 5.75 Å². The third-order valence-electron chi connectivity index (χ3n) is 3.02. The van der Waals surface area contributed by atoms with Gasteiger partial charge in [-0.2, -0.15) is 0 Å². The van der Waals surface area contributed by atoms with Gasteiger partial charge in [-0.05, 0) is 18.0 Å². The van der Waals surface area contributed by atoms with Gasteiger partial charge in [-0.25, -0.2) is 0 Å². The van der Waals surface area contributed by atoms with Gasteiger partial charge in [-0.3, -0.25) is 0 Å². The predicted molar refractivity (Wildman–Crippen MR) is 77.2 cm³/mol. The van der Waals surface area contributed by atoms with Gasteiger partial charge in [0.25, 0.3) is 0 Å². The molecule has 18 heavy (non-hydrogen) atoms. The minimum absolute atomic E-state index is 0.518. The van der Waals surface area contributed by atoms with Gasteiger partial charge >= 0.3 is 0 Å². The van der Waals surface area contributed by atoms with Gasteiger partial charge in [0.15, 0.2) is 0 Å². The van der Waals surface area contributed by atoms with Crippen molar-refractivity contribution in [1.29, 1.82) is 0 Å². The predicted octanol–water partition coefficient (Wildman–Crippen LogP) is 3.46. The summed E-state index contributed by atoms with van der Waals surface area (Å²) in [6.45, 7) is 7.09. The molecule has 0 aliphatic rings. The smallest absolute Gasteiger partial charge is 0.127 e. The number of ether oxygens (including phenoxy) is 1. The van der Waals surface area contributed by atoms with E-state index in [0.717, 1.165) is 25.4 Å². The van der Waals surface area contributed by atoms with Gasteiger partial charge in [-0.15, -0.1) is 0 Å². The Kier molecular flexibility index (Phi) is 4.59. The molecule has 0 saturated heterocycles. The molecule has 0 aliphatic heterocycles. The van der Waals surface area contributed by atoms with Crippen molar-refractivity contribution in [3.05, 3.63) is 42.5 Å². The van der Waals surface area contributed by atoms with Crippen molar-refractivity contribution in [2.45, 2.75) is 13.8 Å². The zero-order valence-electron chi connectivity index (χ0n) is 11.1. The lowest BCUT2D eigenvalue weighted by atomic mass is 10.1. The van der Waals surface area contributed by atoms with Crippen LogP contribution >= 0.6 is 0 Å². The van der Waals surface area contributed by atoms with E-state index in [0.29, 0.717) is 5.92 Å². The lowest BCUT2D eigenvalue weighted by molar-refractivity contribution is 0.259. The number of fused-ring (bicyclic) bond motifs is 1. The van der Waals surface area contributed by atoms with Crippen LogP contribution in [0.2, 0.25) is 0 Å². The number of benzene rings is 2. The van der Waals surface area contributed by atoms with Crippen molar-refractivity contribution in [2.24, 2.45) is 5.92 Å². The third-order valence-corrected chi connectivity index (χ3v) is 3.02. The second-order valence-electron chi connectivity index (χ2n) is 4.70. The van der Waals surface area contributed by atoms with Gasteiger partial charge in [0.2, 0.25) is 0 Å². The maximum Gasteiger partial charge on any atom is 0.127 e. The molecule has 0 saturated carbocycles. The van der Waals surface area contributed by atoms with E-state index < -0.39 is 0 Å². The first kappa shape index (κ1) is 12.9. The summed E-state index contributed by atoms with van der Waals surface area (Å²) in [7, 11) is 0. The van der Waals surface area contributed by atoms with Crippen LogP contribution in [0.15, 0.2) is 42.5 Å². The lowest BCUT2D eigenvalue weighted by Crippen LogP contribution is -2.24. The molecular weight excluding hydrogens is 222 g/mol. The Bertz CT molecular complexity index is 490. The number of hydrogen-bond acceptors (Lipinski definition) is 2. The van der Waals surface area contributed by atoms with Gasteiger partial charge in [0, 0.05) is 17.8 Å². The quantitative estimate of drug-likeness (QED) is 0.839. The Balaban J connectivity index is 2.03. The molecule has 1 N–H and O–H groups in total. The number of hydrogen-bond donors (Lipinski definition) is 1. The van der Waals surface area contributed by atoms with E-state index in [4.69, 9.17) is 4.74 Å². The fraction of sp³-hybridized carbons (Fsp3) is 0.375. The van der Waals surface area contributed by atoms with E-state index in [1.165, 1.54) is 10.8 Å². The highest BCUT2D eigenvalue weighted by Crippen LogP contribution is 2.25. The fourth-order valence-electron chi connectivity index (χ4n) is 2.00. The van der Waals surface area contributed by atoms with Crippen LogP contribution in [0, 0.1) is 5.92 Å². The van der Waals surface area contributed by atoms with Gasteiger partial charge in [0.05, 0.1) is 6.61 Å². The van der Waals surface area contributed by atoms with Crippen molar-refractivity contribution in [3.8, 4) is 5.75 Å². The van der Waals surface area contributed by atoms with Crippen LogP contribution in [0.4, 0.5) is 0 Å². The molecule has 2 heteroatoms. The summed E-state index contributed by atoms with van der Waals surface area (Å²) in [4.78, 5) is 0. The van der Waals surface area contributed by atoms with Crippen LogP contribution in [0.1, 0.15) is 13.8 Å². The average molecular weight is 243 g/mol. The molecule has 1 unspecified atom stereocenters. The molecule has 0 fully saturated rings. The first-order valence-corrected chi connectivity index (χ1v) is 6.62. The second kappa shape index (κ2) is 6.41. The highest BCUT2D eigenvalue weighted by Gasteiger charge is 2.05. The Morgan fingerprint density at radius 3 is 2.72 bits per heavy atom. The first-order valence-electron chi connectivity index (χ1n) is 6.62. The Labute approximate surface area is 109 Å². The summed E-state index contributed by atoms with van der Waals surface area (Å²) in [6, 6.07) is 14.5. The Morgan fingerprint density at radius 2 is 1.89 bits per heavy atom. The standard InChI is InChI=1S/C16H21NO/c1-3-17-11-13(2)12-18-16-10-6-8-14-7-4-5-9-15(14)16/h4-10,13,17H,3,11-12H2,1-2H3. The molecule has 1 atom stereocenters. The van der Waals surface area contributed by atoms with Crippen molar-refractivity contribution < 1.29 is 4.74 Å². The van der Waals surface area contributed by atoms with E-state index in [1.54, 1.807) is 0 Å². The number of nitrogens with one attached hydrogen (secondary N) is 1. The van der Waals surface area contributed by atoms with E-state index in [-0.39, 0.29) is 0 Å². The summed E-state index contributed by atoms with van der Waals surface area (Å²) >= 11 is 0. The molecular formula is C16H21NO. The molecule has 0 amide bonds. The molecule has 0 spiro atoms. The van der Waals surface area contributed by atoms with Crippen LogP contribution in [0.3, 0.4) is 0 Å². The molecule has 0 bridgehead atoms. The molecule has 2 nitrogen and oxygen atoms in total. The molecule has 2 aromatic rings. The molecule has 2 rings (SSSR count). The van der Waals surface area contributed by atoms with Crippen molar-refractivity contribution in [1.82, 2.24) is 5.32 Å². The summed E-state index contributed by atoms with van der Waals surface area (Å²) in [5.74, 6) is 1.50. The van der Waals surface area contributed by atoms with E-state index in [1.807, 2.05) is 12.1 Å². The molecule has 0 aliphatic carbocycles. The van der Waals surface area contributed by atoms with Crippen LogP contribution < -0.4 is 10.1 Å². The molecule has 96 valence electrons. The molecule has 0 heterocycles. The number of rotatable bonds is 6. The highest BCUT2D eigenvalue weighted by atomic mass is 16.5. The Morgan fingerprint density at radius 1 is 1.11 bits per heavy atom. The minimum atomic E-state index is 0.518. The molecule has 0 aromatic heterocycles. The fourth-order valence-corrected chi connectivity index (χ4v) is 2.00. The maximum atomic E-state index is 5.94. The first-order chi connectivity index (χ1) is 8.81. The minimum Gasteiger partial charge on any atom is -0.493 e. The zero-order valence-corrected chi connectivity index (χ0v) is 11.1. The van der Waals surface area contributed by atoms with Crippen molar-refractivity contribution in [2.75, 3.05) is 19.7 Å². The van der Waals surface area contributed by atoms with Crippen LogP contribution in [-0.2, 0) is 0 Å². The summed E-state index contributed by atoms with van der Waals surface area (Å²) < 4.78 is 5.94. The van der Waals surface area contributed by atoms with E-state index in [2.05, 4.69) is 49.5 Å². The second-order valence-corrected chi connectivity index (χ2v) is 4.70. The lowest BCUT2D eigenvalue weighted by Gasteiger charge is -2.14. The Hall–Kier alpha value is -1.54. The normalized spacial score (nSPS) is 12.6. The van der Waals surface area contributed by atoms with Gasteiger partial charge in [0.1, 0.15) is 5.75 Å². The summed E-state index contributed by atoms with van der Waals surface area (Å²) in [6.07, 6.45) is 0. The van der Waals surface area contributed by atoms with E-state index in [9.17, 15) is 0 Å². The summed E-state index contributed by atoms with van der Waals surface area (Å²) in [5, 5.41) is 5.76. The highest BCUT2D eigenvalue weighted by molar-refractivity contribution is 5.88. The zero-order chi connectivity index (χ0) is 12.8. The van der Waals surface area contributed by atoms with E-state index >= 15 is 0 Å². The summed E-state index contributed by atoms with van der Waals surface area (Å²) in [5.41, 5.74) is 0. The van der Waals surface area contributed by atoms with Crippen LogP contribution in [-0.4, -0.2) is 19.7 Å². The molecule has 0 radical (unpaired) electrons. The van der Waals surface area contributed by atoms with Gasteiger partial charge < -0.3 is 10.1 Å². The largest absolute Gasteiger partial charge is 0.493 e. The van der Waals surface area contributed by atoms with Crippen LogP contribution in [0.25, 0.3) is 10.8 Å². The topological polar surface area (TPSA) is 21.3 Å². The monoisotopic (exact) mass is 243 g/mol.